The first-order valence-electron chi connectivity index (χ1n) is 8.34. The first kappa shape index (κ1) is 17.4. The zero-order valence-electron chi connectivity index (χ0n) is 13.9. The molecule has 2 aromatic rings. The predicted molar refractivity (Wildman–Crippen MR) is 98.8 cm³/mol. The summed E-state index contributed by atoms with van der Waals surface area (Å²) in [6, 6.07) is 4.48. The fourth-order valence-corrected chi connectivity index (χ4v) is 4.75. The van der Waals surface area contributed by atoms with Gasteiger partial charge < -0.3 is 9.88 Å². The van der Waals surface area contributed by atoms with Crippen LogP contribution in [0.1, 0.15) is 35.9 Å². The summed E-state index contributed by atoms with van der Waals surface area (Å²) in [6.45, 7) is 5.18. The molecule has 0 bridgehead atoms. The van der Waals surface area contributed by atoms with E-state index < -0.39 is 0 Å². The highest BCUT2D eigenvalue weighted by atomic mass is 32.1. The van der Waals surface area contributed by atoms with Crippen LogP contribution in [0, 0.1) is 6.92 Å². The number of amides is 1. The van der Waals surface area contributed by atoms with E-state index in [0.717, 1.165) is 18.8 Å². The predicted octanol–water partition coefficient (Wildman–Crippen LogP) is 2.62. The average Bonchev–Trinajstić information content (AvgIpc) is 3.31. The highest BCUT2D eigenvalue weighted by Crippen LogP contribution is 2.27. The summed E-state index contributed by atoms with van der Waals surface area (Å²) >= 11 is 2.93. The van der Waals surface area contributed by atoms with Crippen LogP contribution in [-0.2, 0) is 11.3 Å². The summed E-state index contributed by atoms with van der Waals surface area (Å²) < 4.78 is 1.67. The van der Waals surface area contributed by atoms with Crippen LogP contribution in [0.2, 0.25) is 0 Å². The third kappa shape index (κ3) is 4.15. The molecule has 0 spiro atoms. The van der Waals surface area contributed by atoms with Gasteiger partial charge in [0.2, 0.25) is 5.91 Å². The van der Waals surface area contributed by atoms with Gasteiger partial charge in [-0.05, 0) is 44.3 Å². The Morgan fingerprint density at radius 2 is 2.12 bits per heavy atom. The van der Waals surface area contributed by atoms with Crippen molar-refractivity contribution in [3.8, 4) is 0 Å². The number of rotatable bonds is 7. The molecule has 7 heteroatoms. The van der Waals surface area contributed by atoms with E-state index in [1.165, 1.54) is 29.1 Å². The van der Waals surface area contributed by atoms with Crippen LogP contribution < -0.4 is 10.2 Å². The first-order valence-corrected chi connectivity index (χ1v) is 10.1. The largest absolute Gasteiger partial charge is 0.354 e. The van der Waals surface area contributed by atoms with Crippen molar-refractivity contribution >= 4 is 28.6 Å². The lowest BCUT2D eigenvalue weighted by atomic mass is 10.2. The van der Waals surface area contributed by atoms with Gasteiger partial charge in [-0.15, -0.1) is 11.3 Å². The first-order chi connectivity index (χ1) is 11.6. The minimum absolute atomic E-state index is 0.00764. The minimum Gasteiger partial charge on any atom is -0.354 e. The van der Waals surface area contributed by atoms with Crippen LogP contribution in [0.4, 0.5) is 0 Å². The van der Waals surface area contributed by atoms with E-state index in [2.05, 4.69) is 27.7 Å². The molecule has 3 heterocycles. The molecule has 1 aliphatic rings. The van der Waals surface area contributed by atoms with E-state index in [1.54, 1.807) is 15.9 Å². The molecule has 1 atom stereocenters. The lowest BCUT2D eigenvalue weighted by molar-refractivity contribution is -0.121. The van der Waals surface area contributed by atoms with E-state index in [0.29, 0.717) is 19.5 Å². The van der Waals surface area contributed by atoms with Crippen molar-refractivity contribution in [2.75, 3.05) is 19.6 Å². The number of hydrogen-bond donors (Lipinski definition) is 1. The van der Waals surface area contributed by atoms with Crippen molar-refractivity contribution in [1.29, 1.82) is 0 Å². The molecule has 2 aromatic heterocycles. The van der Waals surface area contributed by atoms with Crippen LogP contribution in [0.25, 0.3) is 0 Å². The van der Waals surface area contributed by atoms with Gasteiger partial charge in [-0.25, -0.2) is 0 Å². The van der Waals surface area contributed by atoms with Crippen molar-refractivity contribution in [3.63, 3.8) is 0 Å². The van der Waals surface area contributed by atoms with E-state index in [4.69, 9.17) is 0 Å². The number of carbonyl (C=O) groups excluding carboxylic acids is 1. The summed E-state index contributed by atoms with van der Waals surface area (Å²) in [5, 5.41) is 6.99. The Kier molecular flexibility index (Phi) is 5.86. The molecule has 130 valence electrons. The van der Waals surface area contributed by atoms with Gasteiger partial charge in [0, 0.05) is 35.5 Å². The molecule has 0 aromatic carbocycles. The molecule has 1 amide bonds. The van der Waals surface area contributed by atoms with E-state index >= 15 is 0 Å². The fourth-order valence-electron chi connectivity index (χ4n) is 3.13. The van der Waals surface area contributed by atoms with Crippen molar-refractivity contribution in [2.45, 2.75) is 38.8 Å². The number of likely N-dealkylation sites (tertiary alicyclic amines) is 1. The van der Waals surface area contributed by atoms with Crippen molar-refractivity contribution in [1.82, 2.24) is 14.8 Å². The molecule has 1 N–H and O–H groups in total. The second kappa shape index (κ2) is 8.09. The lowest BCUT2D eigenvalue weighted by Gasteiger charge is -2.27. The molecular weight excluding hydrogens is 342 g/mol. The number of hydrogen-bond acceptors (Lipinski definition) is 5. The number of nitrogens with one attached hydrogen (secondary N) is 1. The van der Waals surface area contributed by atoms with Gasteiger partial charge in [0.15, 0.2) is 0 Å². The van der Waals surface area contributed by atoms with Gasteiger partial charge in [-0.2, -0.15) is 0 Å². The van der Waals surface area contributed by atoms with Crippen LogP contribution in [0.5, 0.6) is 0 Å². The Morgan fingerprint density at radius 1 is 1.33 bits per heavy atom. The summed E-state index contributed by atoms with van der Waals surface area (Å²) in [7, 11) is 0. The van der Waals surface area contributed by atoms with Gasteiger partial charge >= 0.3 is 4.87 Å². The number of thiophene rings is 1. The van der Waals surface area contributed by atoms with E-state index in [1.807, 2.05) is 12.3 Å². The maximum Gasteiger partial charge on any atom is 0.307 e. The maximum absolute atomic E-state index is 12.2. The standard InChI is InChI=1S/C17H23N3O2S2/c1-13-12-24-17(22)20(13)9-6-16(21)18-11-14(15-5-4-10-23-15)19-7-2-3-8-19/h4-5,10,12,14H,2-3,6-9,11H2,1H3,(H,18,21). The number of aromatic nitrogens is 1. The monoisotopic (exact) mass is 365 g/mol. The molecule has 0 saturated carbocycles. The number of thiazole rings is 1. The van der Waals surface area contributed by atoms with Crippen LogP contribution in [-0.4, -0.2) is 35.0 Å². The average molecular weight is 366 g/mol. The molecule has 1 fully saturated rings. The van der Waals surface area contributed by atoms with Crippen LogP contribution in [0.15, 0.2) is 27.7 Å². The van der Waals surface area contributed by atoms with Gasteiger partial charge in [-0.3, -0.25) is 14.5 Å². The van der Waals surface area contributed by atoms with Gasteiger partial charge in [-0.1, -0.05) is 17.4 Å². The molecule has 1 aliphatic heterocycles. The quantitative estimate of drug-likeness (QED) is 0.821. The van der Waals surface area contributed by atoms with E-state index in [-0.39, 0.29) is 16.8 Å². The molecule has 5 nitrogen and oxygen atoms in total. The zero-order valence-corrected chi connectivity index (χ0v) is 15.5. The van der Waals surface area contributed by atoms with Gasteiger partial charge in [0.05, 0.1) is 6.04 Å². The van der Waals surface area contributed by atoms with Crippen LogP contribution in [0.3, 0.4) is 0 Å². The van der Waals surface area contributed by atoms with Gasteiger partial charge in [0.1, 0.15) is 0 Å². The van der Waals surface area contributed by atoms with Crippen molar-refractivity contribution in [2.24, 2.45) is 0 Å². The Hall–Kier alpha value is -1.44. The topological polar surface area (TPSA) is 54.3 Å². The normalized spacial score (nSPS) is 16.4. The van der Waals surface area contributed by atoms with Gasteiger partial charge in [0.25, 0.3) is 0 Å². The number of aryl methyl sites for hydroxylation is 1. The van der Waals surface area contributed by atoms with E-state index in [9.17, 15) is 9.59 Å². The molecule has 0 radical (unpaired) electrons. The maximum atomic E-state index is 12.2. The SMILES string of the molecule is Cc1csc(=O)n1CCC(=O)NCC(c1cccs1)N1CCCC1. The molecule has 3 rings (SSSR count). The number of carbonyl (C=O) groups is 1. The third-order valence-electron chi connectivity index (χ3n) is 4.48. The zero-order chi connectivity index (χ0) is 16.9. The van der Waals surface area contributed by atoms with Crippen molar-refractivity contribution < 1.29 is 4.79 Å². The highest BCUT2D eigenvalue weighted by Gasteiger charge is 2.24. The fraction of sp³-hybridized carbons (Fsp3) is 0.529. The summed E-state index contributed by atoms with van der Waals surface area (Å²) in [6.07, 6.45) is 2.81. The highest BCUT2D eigenvalue weighted by molar-refractivity contribution is 7.10. The Bertz CT molecular complexity index is 715. The molecule has 0 aliphatic carbocycles. The molecule has 1 unspecified atom stereocenters. The summed E-state index contributed by atoms with van der Waals surface area (Å²) in [5.74, 6) is 0.00764. The summed E-state index contributed by atoms with van der Waals surface area (Å²) in [5.41, 5.74) is 0.923. The smallest absolute Gasteiger partial charge is 0.307 e. The summed E-state index contributed by atoms with van der Waals surface area (Å²) in [4.78, 5) is 27.7. The minimum atomic E-state index is 0.00764. The molecule has 1 saturated heterocycles. The van der Waals surface area contributed by atoms with Crippen molar-refractivity contribution in [3.05, 3.63) is 43.1 Å². The Labute approximate surface area is 149 Å². The van der Waals surface area contributed by atoms with Crippen LogP contribution >= 0.6 is 22.7 Å². The second-order valence-corrected chi connectivity index (χ2v) is 7.92. The Morgan fingerprint density at radius 3 is 2.75 bits per heavy atom. The Balaban J connectivity index is 1.54. The second-order valence-electron chi connectivity index (χ2n) is 6.12. The molecule has 24 heavy (non-hydrogen) atoms. The number of nitrogens with zero attached hydrogens (tertiary/aromatic N) is 2. The molecular formula is C17H23N3O2S2. The third-order valence-corrected chi connectivity index (χ3v) is 6.34. The lowest BCUT2D eigenvalue weighted by Crippen LogP contribution is -2.36.